The van der Waals surface area contributed by atoms with Crippen molar-refractivity contribution in [1.29, 1.82) is 0 Å². The molecule has 1 aromatic carbocycles. The first-order chi connectivity index (χ1) is 10.1. The molecule has 1 aliphatic carbocycles. The van der Waals surface area contributed by atoms with Gasteiger partial charge in [0.2, 0.25) is 5.91 Å². The molecule has 0 saturated heterocycles. The van der Waals surface area contributed by atoms with Gasteiger partial charge in [-0.15, -0.1) is 0 Å². The Morgan fingerprint density at radius 2 is 1.86 bits per heavy atom. The fraction of sp³-hybridized carbons (Fsp3) is 0.438. The molecule has 21 heavy (non-hydrogen) atoms. The molecule has 1 fully saturated rings. The summed E-state index contributed by atoms with van der Waals surface area (Å²) < 4.78 is 0. The van der Waals surface area contributed by atoms with E-state index in [-0.39, 0.29) is 24.3 Å². The molecular weight excluding hydrogens is 270 g/mol. The van der Waals surface area contributed by atoms with E-state index in [1.165, 1.54) is 4.90 Å². The molecule has 1 unspecified atom stereocenters. The van der Waals surface area contributed by atoms with E-state index < -0.39 is 11.9 Å². The van der Waals surface area contributed by atoms with Crippen molar-refractivity contribution in [3.8, 4) is 0 Å². The van der Waals surface area contributed by atoms with Crippen LogP contribution in [-0.2, 0) is 9.59 Å². The standard InChI is InChI=1S/C16H17NO4/c18-14(19)9-13-11-7-3-4-8-12(11)15(20)17(16(13)21)10-5-1-2-6-10/h3-4,7-8,10,13H,1-2,5-6,9H2,(H,18,19). The highest BCUT2D eigenvalue weighted by atomic mass is 16.4. The van der Waals surface area contributed by atoms with E-state index >= 15 is 0 Å². The van der Waals surface area contributed by atoms with Gasteiger partial charge in [-0.1, -0.05) is 31.0 Å². The lowest BCUT2D eigenvalue weighted by molar-refractivity contribution is -0.142. The van der Waals surface area contributed by atoms with Crippen molar-refractivity contribution in [1.82, 2.24) is 4.90 Å². The maximum Gasteiger partial charge on any atom is 0.304 e. The molecule has 1 N–H and O–H groups in total. The number of hydrogen-bond donors (Lipinski definition) is 1. The van der Waals surface area contributed by atoms with Crippen LogP contribution >= 0.6 is 0 Å². The lowest BCUT2D eigenvalue weighted by atomic mass is 9.85. The first kappa shape index (κ1) is 13.8. The highest BCUT2D eigenvalue weighted by Gasteiger charge is 2.43. The normalized spacial score (nSPS) is 22.5. The van der Waals surface area contributed by atoms with Crippen LogP contribution in [-0.4, -0.2) is 33.8 Å². The quantitative estimate of drug-likeness (QED) is 0.865. The number of aliphatic carboxylic acids is 1. The molecule has 1 atom stereocenters. The first-order valence-electron chi connectivity index (χ1n) is 7.27. The maximum atomic E-state index is 12.7. The number of carboxylic acids is 1. The summed E-state index contributed by atoms with van der Waals surface area (Å²) >= 11 is 0. The second-order valence-corrected chi connectivity index (χ2v) is 5.69. The van der Waals surface area contributed by atoms with Crippen molar-refractivity contribution < 1.29 is 19.5 Å². The predicted octanol–water partition coefficient (Wildman–Crippen LogP) is 2.17. The zero-order valence-corrected chi connectivity index (χ0v) is 11.6. The van der Waals surface area contributed by atoms with Crippen molar-refractivity contribution in [2.75, 3.05) is 0 Å². The number of imide groups is 1. The molecule has 2 amide bonds. The minimum absolute atomic E-state index is 0.0744. The topological polar surface area (TPSA) is 74.7 Å². The van der Waals surface area contributed by atoms with Gasteiger partial charge in [-0.25, -0.2) is 0 Å². The van der Waals surface area contributed by atoms with E-state index in [0.29, 0.717) is 11.1 Å². The Hall–Kier alpha value is -2.17. The van der Waals surface area contributed by atoms with Gasteiger partial charge in [0.05, 0.1) is 12.3 Å². The molecule has 2 aliphatic rings. The summed E-state index contributed by atoms with van der Waals surface area (Å²) in [4.78, 5) is 37.7. The molecule has 0 bridgehead atoms. The fourth-order valence-corrected chi connectivity index (χ4v) is 3.41. The molecule has 1 heterocycles. The molecule has 3 rings (SSSR count). The van der Waals surface area contributed by atoms with Crippen molar-refractivity contribution in [2.24, 2.45) is 0 Å². The number of benzene rings is 1. The Morgan fingerprint density at radius 3 is 2.52 bits per heavy atom. The average molecular weight is 287 g/mol. The van der Waals surface area contributed by atoms with Gasteiger partial charge in [-0.05, 0) is 24.5 Å². The van der Waals surface area contributed by atoms with Crippen molar-refractivity contribution in [3.63, 3.8) is 0 Å². The third-order valence-corrected chi connectivity index (χ3v) is 4.39. The highest BCUT2D eigenvalue weighted by Crippen LogP contribution is 2.36. The number of hydrogen-bond acceptors (Lipinski definition) is 3. The summed E-state index contributed by atoms with van der Waals surface area (Å²) in [6, 6.07) is 6.78. The number of rotatable bonds is 3. The van der Waals surface area contributed by atoms with E-state index in [2.05, 4.69) is 0 Å². The largest absolute Gasteiger partial charge is 0.481 e. The summed E-state index contributed by atoms with van der Waals surface area (Å²) in [7, 11) is 0. The van der Waals surface area contributed by atoms with Crippen molar-refractivity contribution in [2.45, 2.75) is 44.1 Å². The Kier molecular flexibility index (Phi) is 3.49. The SMILES string of the molecule is O=C(O)CC1C(=O)N(C2CCCC2)C(=O)c2ccccc21. The second-order valence-electron chi connectivity index (χ2n) is 5.69. The number of carboxylic acid groups (broad SMARTS) is 1. The first-order valence-corrected chi connectivity index (χ1v) is 7.27. The fourth-order valence-electron chi connectivity index (χ4n) is 3.41. The molecule has 0 spiro atoms. The van der Waals surface area contributed by atoms with E-state index in [1.54, 1.807) is 24.3 Å². The smallest absolute Gasteiger partial charge is 0.304 e. The third-order valence-electron chi connectivity index (χ3n) is 4.39. The van der Waals surface area contributed by atoms with E-state index in [0.717, 1.165) is 25.7 Å². The molecule has 0 radical (unpaired) electrons. The van der Waals surface area contributed by atoms with E-state index in [4.69, 9.17) is 5.11 Å². The molecule has 0 aromatic heterocycles. The van der Waals surface area contributed by atoms with Gasteiger partial charge < -0.3 is 5.11 Å². The van der Waals surface area contributed by atoms with Crippen LogP contribution in [0.4, 0.5) is 0 Å². The predicted molar refractivity (Wildman–Crippen MR) is 74.9 cm³/mol. The maximum absolute atomic E-state index is 12.7. The van der Waals surface area contributed by atoms with Gasteiger partial charge in [0.25, 0.3) is 5.91 Å². The minimum Gasteiger partial charge on any atom is -0.481 e. The van der Waals surface area contributed by atoms with Crippen LogP contribution in [0.5, 0.6) is 0 Å². The summed E-state index contributed by atoms with van der Waals surface area (Å²) in [5.74, 6) is -2.40. The van der Waals surface area contributed by atoms with Crippen LogP contribution in [0.15, 0.2) is 24.3 Å². The number of carbonyl (C=O) groups excluding carboxylic acids is 2. The molecule has 1 saturated carbocycles. The lowest BCUT2D eigenvalue weighted by Crippen LogP contribution is -2.49. The van der Waals surface area contributed by atoms with E-state index in [1.807, 2.05) is 0 Å². The number of nitrogens with zero attached hydrogens (tertiary/aromatic N) is 1. The summed E-state index contributed by atoms with van der Waals surface area (Å²) in [6.07, 6.45) is 3.38. The van der Waals surface area contributed by atoms with Gasteiger partial charge in [0.15, 0.2) is 0 Å². The van der Waals surface area contributed by atoms with Crippen LogP contribution in [0.25, 0.3) is 0 Å². The van der Waals surface area contributed by atoms with Gasteiger partial charge in [-0.3, -0.25) is 19.3 Å². The molecule has 1 aromatic rings. The van der Waals surface area contributed by atoms with Crippen LogP contribution in [0.2, 0.25) is 0 Å². The van der Waals surface area contributed by atoms with Crippen LogP contribution in [0, 0.1) is 0 Å². The number of carbonyl (C=O) groups is 3. The van der Waals surface area contributed by atoms with Gasteiger partial charge in [0, 0.05) is 11.6 Å². The Bertz CT molecular complexity index is 604. The zero-order valence-electron chi connectivity index (χ0n) is 11.6. The zero-order chi connectivity index (χ0) is 15.0. The molecular formula is C16H17NO4. The van der Waals surface area contributed by atoms with Gasteiger partial charge in [-0.2, -0.15) is 0 Å². The third kappa shape index (κ3) is 2.33. The second kappa shape index (κ2) is 5.31. The molecule has 1 aliphatic heterocycles. The molecule has 5 nitrogen and oxygen atoms in total. The Morgan fingerprint density at radius 1 is 1.19 bits per heavy atom. The van der Waals surface area contributed by atoms with E-state index in [9.17, 15) is 14.4 Å². The monoisotopic (exact) mass is 287 g/mol. The summed E-state index contributed by atoms with van der Waals surface area (Å²) in [6.45, 7) is 0. The minimum atomic E-state index is -1.02. The molecule has 110 valence electrons. The number of fused-ring (bicyclic) bond motifs is 1. The average Bonchev–Trinajstić information content (AvgIpc) is 2.97. The highest BCUT2D eigenvalue weighted by molar-refractivity contribution is 6.12. The van der Waals surface area contributed by atoms with Crippen LogP contribution in [0.1, 0.15) is 53.9 Å². The number of amides is 2. The molecule has 5 heteroatoms. The van der Waals surface area contributed by atoms with Gasteiger partial charge >= 0.3 is 5.97 Å². The van der Waals surface area contributed by atoms with Crippen molar-refractivity contribution >= 4 is 17.8 Å². The van der Waals surface area contributed by atoms with Crippen LogP contribution in [0.3, 0.4) is 0 Å². The van der Waals surface area contributed by atoms with Gasteiger partial charge in [0.1, 0.15) is 0 Å². The Balaban J connectivity index is 2.04. The van der Waals surface area contributed by atoms with Crippen LogP contribution < -0.4 is 0 Å². The van der Waals surface area contributed by atoms with Crippen molar-refractivity contribution in [3.05, 3.63) is 35.4 Å². The summed E-state index contributed by atoms with van der Waals surface area (Å²) in [5.41, 5.74) is 1.01. The summed E-state index contributed by atoms with van der Waals surface area (Å²) in [5, 5.41) is 9.07. The lowest BCUT2D eigenvalue weighted by Gasteiger charge is -2.35. The Labute approximate surface area is 122 Å².